The van der Waals surface area contributed by atoms with Crippen LogP contribution in [-0.2, 0) is 13.0 Å². The third-order valence-corrected chi connectivity index (χ3v) is 4.24. The van der Waals surface area contributed by atoms with E-state index >= 15 is 0 Å². The van der Waals surface area contributed by atoms with Crippen molar-refractivity contribution in [3.05, 3.63) is 62.3 Å². The van der Waals surface area contributed by atoms with Gasteiger partial charge in [0.25, 0.3) is 5.69 Å². The summed E-state index contributed by atoms with van der Waals surface area (Å²) in [6, 6.07) is 10.7. The summed E-state index contributed by atoms with van der Waals surface area (Å²) in [5.41, 5.74) is 0.915. The van der Waals surface area contributed by atoms with Crippen LogP contribution in [0.2, 0.25) is 0 Å². The van der Waals surface area contributed by atoms with Crippen molar-refractivity contribution >= 4 is 47.0 Å². The summed E-state index contributed by atoms with van der Waals surface area (Å²) in [5, 5.41) is 19.5. The maximum atomic E-state index is 10.7. The number of hydrogen-bond acceptors (Lipinski definition) is 4. The molecular formula is C18H25IN4O2S. The molecule has 0 fully saturated rings. The molecule has 0 atom stereocenters. The highest BCUT2D eigenvalue weighted by molar-refractivity contribution is 14.0. The van der Waals surface area contributed by atoms with E-state index in [-0.39, 0.29) is 35.2 Å². The fourth-order valence-corrected chi connectivity index (χ4v) is 2.86. The quantitative estimate of drug-likeness (QED) is 0.208. The first-order valence-electron chi connectivity index (χ1n) is 8.16. The monoisotopic (exact) mass is 488 g/mol. The molecule has 2 rings (SSSR count). The first-order valence-corrected chi connectivity index (χ1v) is 9.04. The Balaban J connectivity index is 0.00000338. The number of nitro groups is 1. The second kappa shape index (κ2) is 10.5. The predicted octanol–water partition coefficient (Wildman–Crippen LogP) is 4.35. The fourth-order valence-electron chi connectivity index (χ4n) is 2.15. The number of non-ortho nitro benzene ring substituents is 1. The molecule has 1 aromatic carbocycles. The standard InChI is InChI=1S/C18H24N4O2S.HI/c1-18(2,3)21-17(19-11-10-16-5-4-12-25-16)20-13-14-6-8-15(9-7-14)22(23)24;/h4-9,12H,10-11,13H2,1-3H3,(H2,19,20,21);1H. The van der Waals surface area contributed by atoms with Gasteiger partial charge in [0, 0.05) is 29.1 Å². The summed E-state index contributed by atoms with van der Waals surface area (Å²) >= 11 is 1.75. The van der Waals surface area contributed by atoms with Gasteiger partial charge >= 0.3 is 0 Å². The Kier molecular flexibility index (Phi) is 9.00. The average Bonchev–Trinajstić information content (AvgIpc) is 3.05. The van der Waals surface area contributed by atoms with Gasteiger partial charge in [0.15, 0.2) is 5.96 Å². The minimum absolute atomic E-state index is 0. The molecule has 0 unspecified atom stereocenters. The third-order valence-electron chi connectivity index (χ3n) is 3.30. The average molecular weight is 488 g/mol. The molecule has 26 heavy (non-hydrogen) atoms. The number of halogens is 1. The van der Waals surface area contributed by atoms with Crippen molar-refractivity contribution < 1.29 is 4.92 Å². The molecule has 2 aromatic rings. The Bertz CT molecular complexity index is 710. The molecule has 0 amide bonds. The normalized spacial score (nSPS) is 11.6. The summed E-state index contributed by atoms with van der Waals surface area (Å²) in [6.07, 6.45) is 0.944. The number of guanidine groups is 1. The van der Waals surface area contributed by atoms with E-state index < -0.39 is 4.92 Å². The molecule has 0 saturated carbocycles. The SMILES string of the molecule is CC(C)(C)NC(=NCc1ccc([N+](=O)[O-])cc1)NCCc1cccs1.I. The van der Waals surface area contributed by atoms with Crippen LogP contribution >= 0.6 is 35.3 Å². The number of aliphatic imine (C=N–C) groups is 1. The summed E-state index contributed by atoms with van der Waals surface area (Å²) in [5.74, 6) is 0.738. The van der Waals surface area contributed by atoms with Gasteiger partial charge in [-0.3, -0.25) is 10.1 Å². The van der Waals surface area contributed by atoms with Crippen LogP contribution in [0.4, 0.5) is 5.69 Å². The van der Waals surface area contributed by atoms with Crippen LogP contribution in [0.5, 0.6) is 0 Å². The highest BCUT2D eigenvalue weighted by Gasteiger charge is 2.12. The number of nitrogens with zero attached hydrogens (tertiary/aromatic N) is 2. The van der Waals surface area contributed by atoms with Crippen molar-refractivity contribution in [2.75, 3.05) is 6.54 Å². The molecule has 0 aliphatic heterocycles. The van der Waals surface area contributed by atoms with E-state index in [0.29, 0.717) is 6.54 Å². The minimum atomic E-state index is -0.397. The zero-order valence-electron chi connectivity index (χ0n) is 15.2. The number of thiophene rings is 1. The molecule has 0 aliphatic rings. The zero-order valence-corrected chi connectivity index (χ0v) is 18.3. The van der Waals surface area contributed by atoms with Gasteiger partial charge in [-0.25, -0.2) is 4.99 Å². The molecule has 142 valence electrons. The Morgan fingerprint density at radius 1 is 1.23 bits per heavy atom. The second-order valence-corrected chi connectivity index (χ2v) is 7.75. The largest absolute Gasteiger partial charge is 0.356 e. The van der Waals surface area contributed by atoms with Crippen molar-refractivity contribution in [1.29, 1.82) is 0 Å². The molecule has 6 nitrogen and oxygen atoms in total. The molecule has 0 bridgehead atoms. The molecule has 0 aliphatic carbocycles. The lowest BCUT2D eigenvalue weighted by atomic mass is 10.1. The van der Waals surface area contributed by atoms with Crippen molar-refractivity contribution in [3.63, 3.8) is 0 Å². The van der Waals surface area contributed by atoms with Gasteiger partial charge < -0.3 is 10.6 Å². The molecule has 0 radical (unpaired) electrons. The van der Waals surface area contributed by atoms with E-state index in [1.165, 1.54) is 17.0 Å². The molecular weight excluding hydrogens is 463 g/mol. The van der Waals surface area contributed by atoms with Gasteiger partial charge in [-0.05, 0) is 44.2 Å². The summed E-state index contributed by atoms with van der Waals surface area (Å²) in [7, 11) is 0. The van der Waals surface area contributed by atoms with Crippen LogP contribution in [0.25, 0.3) is 0 Å². The molecule has 0 saturated heterocycles. The third kappa shape index (κ3) is 8.13. The maximum absolute atomic E-state index is 10.7. The Morgan fingerprint density at radius 2 is 1.92 bits per heavy atom. The molecule has 2 N–H and O–H groups in total. The van der Waals surface area contributed by atoms with Crippen LogP contribution in [0.15, 0.2) is 46.8 Å². The zero-order chi connectivity index (χ0) is 18.3. The Hall–Kier alpha value is -1.68. The fraction of sp³-hybridized carbons (Fsp3) is 0.389. The van der Waals surface area contributed by atoms with Gasteiger partial charge in [-0.15, -0.1) is 35.3 Å². The van der Waals surface area contributed by atoms with Crippen LogP contribution in [0.3, 0.4) is 0 Å². The lowest BCUT2D eigenvalue weighted by molar-refractivity contribution is -0.384. The van der Waals surface area contributed by atoms with E-state index in [2.05, 4.69) is 53.9 Å². The van der Waals surface area contributed by atoms with Crippen molar-refractivity contribution in [3.8, 4) is 0 Å². The van der Waals surface area contributed by atoms with E-state index in [1.807, 2.05) is 0 Å². The molecule has 8 heteroatoms. The van der Waals surface area contributed by atoms with Crippen LogP contribution in [0, 0.1) is 10.1 Å². The molecule has 1 heterocycles. The topological polar surface area (TPSA) is 79.6 Å². The lowest BCUT2D eigenvalue weighted by Crippen LogP contribution is -2.48. The second-order valence-electron chi connectivity index (χ2n) is 6.72. The Morgan fingerprint density at radius 3 is 2.46 bits per heavy atom. The summed E-state index contributed by atoms with van der Waals surface area (Å²) in [6.45, 7) is 7.49. The highest BCUT2D eigenvalue weighted by atomic mass is 127. The number of rotatable bonds is 6. The van der Waals surface area contributed by atoms with E-state index in [4.69, 9.17) is 0 Å². The highest BCUT2D eigenvalue weighted by Crippen LogP contribution is 2.12. The number of nitrogens with one attached hydrogen (secondary N) is 2. The van der Waals surface area contributed by atoms with Crippen LogP contribution in [0.1, 0.15) is 31.2 Å². The van der Waals surface area contributed by atoms with Gasteiger partial charge in [0.05, 0.1) is 11.5 Å². The van der Waals surface area contributed by atoms with Crippen molar-refractivity contribution in [1.82, 2.24) is 10.6 Å². The van der Waals surface area contributed by atoms with Gasteiger partial charge in [-0.2, -0.15) is 0 Å². The Labute approximate surface area is 175 Å². The van der Waals surface area contributed by atoms with Crippen LogP contribution < -0.4 is 10.6 Å². The van der Waals surface area contributed by atoms with Crippen LogP contribution in [-0.4, -0.2) is 23.0 Å². The smallest absolute Gasteiger partial charge is 0.269 e. The lowest BCUT2D eigenvalue weighted by Gasteiger charge is -2.24. The summed E-state index contributed by atoms with van der Waals surface area (Å²) in [4.78, 5) is 16.2. The van der Waals surface area contributed by atoms with Crippen molar-refractivity contribution in [2.24, 2.45) is 4.99 Å². The van der Waals surface area contributed by atoms with E-state index in [1.54, 1.807) is 23.5 Å². The predicted molar refractivity (Wildman–Crippen MR) is 119 cm³/mol. The maximum Gasteiger partial charge on any atom is 0.269 e. The minimum Gasteiger partial charge on any atom is -0.356 e. The van der Waals surface area contributed by atoms with Gasteiger partial charge in [0.2, 0.25) is 0 Å². The first kappa shape index (κ1) is 22.4. The van der Waals surface area contributed by atoms with Crippen molar-refractivity contribution in [2.45, 2.75) is 39.3 Å². The number of benzene rings is 1. The number of nitro benzene ring substituents is 1. The van der Waals surface area contributed by atoms with Gasteiger partial charge in [-0.1, -0.05) is 18.2 Å². The van der Waals surface area contributed by atoms with Gasteiger partial charge in [0.1, 0.15) is 0 Å². The molecule has 1 aromatic heterocycles. The summed E-state index contributed by atoms with van der Waals surface area (Å²) < 4.78 is 0. The number of hydrogen-bond donors (Lipinski definition) is 2. The molecule has 0 spiro atoms. The van der Waals surface area contributed by atoms with E-state index in [9.17, 15) is 10.1 Å². The van der Waals surface area contributed by atoms with E-state index in [0.717, 1.165) is 24.5 Å². The first-order chi connectivity index (χ1) is 11.8.